The minimum absolute atomic E-state index is 0.0801. The summed E-state index contributed by atoms with van der Waals surface area (Å²) in [5.74, 6) is 0.301. The molecule has 0 fully saturated rings. The number of para-hydroxylation sites is 1. The lowest BCUT2D eigenvalue weighted by Crippen LogP contribution is -2.27. The maximum atomic E-state index is 11.8. The number of benzene rings is 1. The Morgan fingerprint density at radius 1 is 1.30 bits per heavy atom. The lowest BCUT2D eigenvalue weighted by atomic mass is 9.71. The highest BCUT2D eigenvalue weighted by Gasteiger charge is 2.36. The second kappa shape index (κ2) is 4.37. The van der Waals surface area contributed by atoms with E-state index in [2.05, 4.69) is 26.8 Å². The first kappa shape index (κ1) is 13.2. The van der Waals surface area contributed by atoms with Crippen LogP contribution in [0.4, 0.5) is 4.79 Å². The first-order valence-electron chi connectivity index (χ1n) is 7.27. The molecule has 0 aliphatic heterocycles. The molecule has 0 radical (unpaired) electrons. The molecule has 3 heteroatoms. The molecule has 0 saturated heterocycles. The maximum absolute atomic E-state index is 11.8. The molecule has 20 heavy (non-hydrogen) atoms. The second-order valence-corrected chi connectivity index (χ2v) is 6.81. The molecule has 1 aromatic heterocycles. The SMILES string of the molecule is CC(C)(C)C1CCCc2c1n(C(=O)O)c1ccccc21. The van der Waals surface area contributed by atoms with Gasteiger partial charge in [-0.3, -0.25) is 0 Å². The molecule has 0 saturated carbocycles. The molecule has 0 spiro atoms. The van der Waals surface area contributed by atoms with E-state index >= 15 is 0 Å². The number of fused-ring (bicyclic) bond motifs is 3. The lowest BCUT2D eigenvalue weighted by molar-refractivity contribution is 0.193. The Morgan fingerprint density at radius 3 is 2.65 bits per heavy atom. The van der Waals surface area contributed by atoms with Gasteiger partial charge in [-0.15, -0.1) is 0 Å². The highest BCUT2D eigenvalue weighted by molar-refractivity contribution is 5.93. The number of nitrogens with zero attached hydrogens (tertiary/aromatic N) is 1. The van der Waals surface area contributed by atoms with Crippen LogP contribution in [-0.4, -0.2) is 15.8 Å². The van der Waals surface area contributed by atoms with Crippen molar-refractivity contribution in [1.29, 1.82) is 0 Å². The van der Waals surface area contributed by atoms with Gasteiger partial charge in [0, 0.05) is 17.0 Å². The van der Waals surface area contributed by atoms with Gasteiger partial charge >= 0.3 is 6.09 Å². The van der Waals surface area contributed by atoms with Gasteiger partial charge in [0.05, 0.1) is 5.52 Å². The number of hydrogen-bond donors (Lipinski definition) is 1. The van der Waals surface area contributed by atoms with Crippen LogP contribution in [0, 0.1) is 5.41 Å². The standard InChI is InChI=1S/C17H21NO2/c1-17(2,3)13-9-6-8-12-11-7-4-5-10-14(11)18(15(12)13)16(19)20/h4-5,7,10,13H,6,8-9H2,1-3H3,(H,19,20). The monoisotopic (exact) mass is 271 g/mol. The van der Waals surface area contributed by atoms with Gasteiger partial charge in [0.25, 0.3) is 0 Å². The van der Waals surface area contributed by atoms with Crippen molar-refractivity contribution < 1.29 is 9.90 Å². The molecule has 1 aromatic carbocycles. The molecule has 0 amide bonds. The quantitative estimate of drug-likeness (QED) is 0.758. The Kier molecular flexibility index (Phi) is 2.89. The Balaban J connectivity index is 2.37. The van der Waals surface area contributed by atoms with Gasteiger partial charge < -0.3 is 5.11 Å². The smallest absolute Gasteiger partial charge is 0.416 e. The highest BCUT2D eigenvalue weighted by Crippen LogP contribution is 2.46. The molecule has 2 aromatic rings. The van der Waals surface area contributed by atoms with Crippen LogP contribution in [-0.2, 0) is 6.42 Å². The van der Waals surface area contributed by atoms with E-state index in [1.807, 2.05) is 18.2 Å². The summed E-state index contributed by atoms with van der Waals surface area (Å²) in [6.07, 6.45) is 2.34. The third-order valence-corrected chi connectivity index (χ3v) is 4.51. The first-order valence-corrected chi connectivity index (χ1v) is 7.27. The summed E-state index contributed by atoms with van der Waals surface area (Å²) in [6, 6.07) is 7.88. The highest BCUT2D eigenvalue weighted by atomic mass is 16.4. The Bertz CT molecular complexity index is 676. The van der Waals surface area contributed by atoms with E-state index in [1.54, 1.807) is 0 Å². The Hall–Kier alpha value is -1.77. The summed E-state index contributed by atoms with van der Waals surface area (Å²) in [5, 5.41) is 10.8. The number of carboxylic acid groups (broad SMARTS) is 1. The van der Waals surface area contributed by atoms with E-state index in [4.69, 9.17) is 0 Å². The van der Waals surface area contributed by atoms with E-state index in [0.29, 0.717) is 5.92 Å². The zero-order valence-electron chi connectivity index (χ0n) is 12.3. The Labute approximate surface area is 119 Å². The minimum Gasteiger partial charge on any atom is -0.464 e. The van der Waals surface area contributed by atoms with E-state index < -0.39 is 6.09 Å². The number of aryl methyl sites for hydroxylation is 1. The lowest BCUT2D eigenvalue weighted by Gasteiger charge is -2.35. The van der Waals surface area contributed by atoms with Crippen LogP contribution in [0.25, 0.3) is 10.9 Å². The summed E-state index contributed by atoms with van der Waals surface area (Å²) in [5.41, 5.74) is 3.18. The number of aromatic nitrogens is 1. The van der Waals surface area contributed by atoms with Crippen LogP contribution in [0.15, 0.2) is 24.3 Å². The van der Waals surface area contributed by atoms with E-state index in [0.717, 1.165) is 35.9 Å². The zero-order chi connectivity index (χ0) is 14.5. The first-order chi connectivity index (χ1) is 9.41. The van der Waals surface area contributed by atoms with Crippen molar-refractivity contribution in [2.24, 2.45) is 5.41 Å². The van der Waals surface area contributed by atoms with E-state index in [1.165, 1.54) is 10.1 Å². The van der Waals surface area contributed by atoms with Gasteiger partial charge in [-0.25, -0.2) is 9.36 Å². The predicted molar refractivity (Wildman–Crippen MR) is 80.5 cm³/mol. The molecule has 3 rings (SSSR count). The third kappa shape index (κ3) is 1.84. The van der Waals surface area contributed by atoms with Gasteiger partial charge in [-0.1, -0.05) is 39.0 Å². The van der Waals surface area contributed by atoms with Gasteiger partial charge in [-0.2, -0.15) is 0 Å². The summed E-state index contributed by atoms with van der Waals surface area (Å²) in [4.78, 5) is 11.8. The molecular formula is C17H21NO2. The normalized spacial score (nSPS) is 19.1. The molecule has 1 N–H and O–H groups in total. The van der Waals surface area contributed by atoms with E-state index in [-0.39, 0.29) is 5.41 Å². The largest absolute Gasteiger partial charge is 0.464 e. The molecule has 1 heterocycles. The van der Waals surface area contributed by atoms with Crippen molar-refractivity contribution in [1.82, 2.24) is 4.57 Å². The number of rotatable bonds is 0. The molecule has 0 bridgehead atoms. The van der Waals surface area contributed by atoms with Crippen LogP contribution < -0.4 is 0 Å². The number of hydrogen-bond acceptors (Lipinski definition) is 1. The van der Waals surface area contributed by atoms with Gasteiger partial charge in [0.15, 0.2) is 0 Å². The molecule has 3 nitrogen and oxygen atoms in total. The fourth-order valence-corrected chi connectivity index (χ4v) is 3.62. The molecular weight excluding hydrogens is 250 g/mol. The van der Waals surface area contributed by atoms with Crippen LogP contribution in [0.3, 0.4) is 0 Å². The summed E-state index contributed by atoms with van der Waals surface area (Å²) in [6.45, 7) is 6.61. The molecule has 1 aliphatic carbocycles. The van der Waals surface area contributed by atoms with Crippen molar-refractivity contribution in [2.45, 2.75) is 46.0 Å². The molecule has 1 unspecified atom stereocenters. The van der Waals surface area contributed by atoms with Crippen molar-refractivity contribution >= 4 is 17.0 Å². The fraction of sp³-hybridized carbons (Fsp3) is 0.471. The fourth-order valence-electron chi connectivity index (χ4n) is 3.62. The molecule has 106 valence electrons. The van der Waals surface area contributed by atoms with Crippen LogP contribution >= 0.6 is 0 Å². The average molecular weight is 271 g/mol. The van der Waals surface area contributed by atoms with Crippen LogP contribution in [0.2, 0.25) is 0 Å². The van der Waals surface area contributed by atoms with Crippen LogP contribution in [0.1, 0.15) is 50.8 Å². The summed E-state index contributed by atoms with van der Waals surface area (Å²) in [7, 11) is 0. The summed E-state index contributed by atoms with van der Waals surface area (Å²) >= 11 is 0. The zero-order valence-corrected chi connectivity index (χ0v) is 12.3. The average Bonchev–Trinajstić information content (AvgIpc) is 2.71. The maximum Gasteiger partial charge on any atom is 0.416 e. The minimum atomic E-state index is -0.862. The van der Waals surface area contributed by atoms with Crippen molar-refractivity contribution in [2.75, 3.05) is 0 Å². The van der Waals surface area contributed by atoms with Gasteiger partial charge in [0.1, 0.15) is 0 Å². The van der Waals surface area contributed by atoms with E-state index in [9.17, 15) is 9.90 Å². The number of carbonyl (C=O) groups is 1. The summed E-state index contributed by atoms with van der Waals surface area (Å²) < 4.78 is 1.53. The molecule has 1 atom stereocenters. The van der Waals surface area contributed by atoms with Crippen molar-refractivity contribution in [3.8, 4) is 0 Å². The Morgan fingerprint density at radius 2 is 2.00 bits per heavy atom. The predicted octanol–water partition coefficient (Wildman–Crippen LogP) is 4.63. The third-order valence-electron chi connectivity index (χ3n) is 4.51. The molecule has 1 aliphatic rings. The second-order valence-electron chi connectivity index (χ2n) is 6.81. The topological polar surface area (TPSA) is 42.2 Å². The van der Waals surface area contributed by atoms with Crippen LogP contribution in [0.5, 0.6) is 0 Å². The van der Waals surface area contributed by atoms with Crippen molar-refractivity contribution in [3.63, 3.8) is 0 Å². The van der Waals surface area contributed by atoms with Gasteiger partial charge in [-0.05, 0) is 36.3 Å². The van der Waals surface area contributed by atoms with Crippen molar-refractivity contribution in [3.05, 3.63) is 35.5 Å². The van der Waals surface area contributed by atoms with Gasteiger partial charge in [0.2, 0.25) is 0 Å².